The van der Waals surface area contributed by atoms with Gasteiger partial charge in [0.2, 0.25) is 0 Å². The molecule has 8 heteroatoms. The average molecular weight is 515 g/mol. The maximum absolute atomic E-state index is 11.0. The summed E-state index contributed by atoms with van der Waals surface area (Å²) < 4.78 is 12.7. The summed E-state index contributed by atoms with van der Waals surface area (Å²) in [5, 5.41) is 20.0. The highest BCUT2D eigenvalue weighted by molar-refractivity contribution is 5.93. The number of rotatable bonds is 8. The fraction of sp³-hybridized carbons (Fsp3) is 0.400. The molecule has 5 rings (SSSR count). The van der Waals surface area contributed by atoms with Crippen molar-refractivity contribution in [1.29, 1.82) is 0 Å². The van der Waals surface area contributed by atoms with E-state index >= 15 is 0 Å². The molecule has 1 aromatic carbocycles. The van der Waals surface area contributed by atoms with E-state index < -0.39 is 6.10 Å². The van der Waals surface area contributed by atoms with Gasteiger partial charge in [0, 0.05) is 67.2 Å². The standard InChI is InChI=1S/C30H38N6O2/c1-19-23(26(33-35(19)7)29(37)30(2,3)4)13-15-38-28-24(10-8-20-12-14-34(6)27(20)28)21-9-11-25-32-17-22(16-31-5)36(25)18-21/h8-12,14,17-18,29,31,37H,13,15-16H2,1-7H3. The Kier molecular flexibility index (Phi) is 6.79. The summed E-state index contributed by atoms with van der Waals surface area (Å²) in [5.74, 6) is 0.851. The van der Waals surface area contributed by atoms with Crippen LogP contribution in [0.2, 0.25) is 0 Å². The number of aryl methyl sites for hydroxylation is 2. The molecule has 4 heterocycles. The molecular weight excluding hydrogens is 476 g/mol. The molecular formula is C30H38N6O2. The molecule has 8 nitrogen and oxygen atoms in total. The molecule has 0 aliphatic carbocycles. The predicted octanol–water partition coefficient (Wildman–Crippen LogP) is 4.96. The van der Waals surface area contributed by atoms with E-state index in [0.717, 1.165) is 62.6 Å². The molecule has 5 aromatic rings. The summed E-state index contributed by atoms with van der Waals surface area (Å²) in [4.78, 5) is 4.54. The van der Waals surface area contributed by atoms with Crippen LogP contribution in [0.5, 0.6) is 5.75 Å². The van der Waals surface area contributed by atoms with Gasteiger partial charge >= 0.3 is 0 Å². The molecule has 0 aliphatic heterocycles. The molecule has 0 saturated carbocycles. The molecule has 1 unspecified atom stereocenters. The zero-order valence-corrected chi connectivity index (χ0v) is 23.4. The molecule has 0 amide bonds. The first-order valence-electron chi connectivity index (χ1n) is 13.1. The number of nitrogens with zero attached hydrogens (tertiary/aromatic N) is 5. The molecule has 38 heavy (non-hydrogen) atoms. The quantitative estimate of drug-likeness (QED) is 0.306. The van der Waals surface area contributed by atoms with Crippen LogP contribution >= 0.6 is 0 Å². The van der Waals surface area contributed by atoms with Crippen molar-refractivity contribution in [2.45, 2.75) is 46.8 Å². The van der Waals surface area contributed by atoms with Crippen molar-refractivity contribution in [3.8, 4) is 16.9 Å². The number of aliphatic hydroxyl groups excluding tert-OH is 1. The lowest BCUT2D eigenvalue weighted by atomic mass is 9.85. The fourth-order valence-electron chi connectivity index (χ4n) is 5.10. The van der Waals surface area contributed by atoms with Crippen LogP contribution in [0.3, 0.4) is 0 Å². The Labute approximate surface area is 223 Å². The Morgan fingerprint density at radius 1 is 1.11 bits per heavy atom. The topological polar surface area (TPSA) is 81.5 Å². The Hall–Kier alpha value is -3.62. The normalized spacial score (nSPS) is 13.1. The van der Waals surface area contributed by atoms with E-state index in [0.29, 0.717) is 13.0 Å². The van der Waals surface area contributed by atoms with Gasteiger partial charge in [-0.05, 0) is 43.7 Å². The fourth-order valence-corrected chi connectivity index (χ4v) is 5.10. The number of pyridine rings is 1. The summed E-state index contributed by atoms with van der Waals surface area (Å²) in [5.41, 5.74) is 7.69. The lowest BCUT2D eigenvalue weighted by molar-refractivity contribution is 0.0575. The molecule has 0 aliphatic rings. The largest absolute Gasteiger partial charge is 0.490 e. The van der Waals surface area contributed by atoms with Crippen molar-refractivity contribution >= 4 is 16.6 Å². The first kappa shape index (κ1) is 26.0. The molecule has 200 valence electrons. The number of ether oxygens (including phenoxy) is 1. The van der Waals surface area contributed by atoms with Crippen molar-refractivity contribution in [2.24, 2.45) is 19.5 Å². The van der Waals surface area contributed by atoms with Gasteiger partial charge in [-0.3, -0.25) is 4.68 Å². The van der Waals surface area contributed by atoms with E-state index in [1.165, 1.54) is 0 Å². The van der Waals surface area contributed by atoms with Crippen molar-refractivity contribution in [3.63, 3.8) is 0 Å². The zero-order valence-electron chi connectivity index (χ0n) is 23.4. The molecule has 0 radical (unpaired) electrons. The van der Waals surface area contributed by atoms with Crippen LogP contribution in [0.25, 0.3) is 27.7 Å². The van der Waals surface area contributed by atoms with Crippen LogP contribution in [0.15, 0.2) is 48.9 Å². The number of benzene rings is 1. The summed E-state index contributed by atoms with van der Waals surface area (Å²) in [6, 6.07) is 10.5. The van der Waals surface area contributed by atoms with Gasteiger partial charge in [0.15, 0.2) is 5.75 Å². The minimum Gasteiger partial charge on any atom is -0.490 e. The van der Waals surface area contributed by atoms with Crippen LogP contribution in [0.1, 0.15) is 49.5 Å². The van der Waals surface area contributed by atoms with Crippen LogP contribution in [0.4, 0.5) is 0 Å². The van der Waals surface area contributed by atoms with Crippen LogP contribution in [-0.4, -0.2) is 42.5 Å². The second-order valence-corrected chi connectivity index (χ2v) is 11.2. The molecule has 2 N–H and O–H groups in total. The number of aromatic nitrogens is 5. The Morgan fingerprint density at radius 3 is 2.63 bits per heavy atom. The highest BCUT2D eigenvalue weighted by atomic mass is 16.5. The van der Waals surface area contributed by atoms with Gasteiger partial charge in [0.05, 0.1) is 29.7 Å². The molecule has 4 aromatic heterocycles. The van der Waals surface area contributed by atoms with Gasteiger partial charge in [0.1, 0.15) is 11.8 Å². The molecule has 1 atom stereocenters. The van der Waals surface area contributed by atoms with E-state index in [4.69, 9.17) is 4.74 Å². The number of fused-ring (bicyclic) bond motifs is 2. The Bertz CT molecular complexity index is 1600. The minimum atomic E-state index is -0.655. The van der Waals surface area contributed by atoms with Crippen molar-refractivity contribution in [2.75, 3.05) is 13.7 Å². The highest BCUT2D eigenvalue weighted by Crippen LogP contribution is 2.38. The second-order valence-electron chi connectivity index (χ2n) is 11.2. The monoisotopic (exact) mass is 514 g/mol. The third-order valence-electron chi connectivity index (χ3n) is 7.41. The van der Waals surface area contributed by atoms with Crippen molar-refractivity contribution < 1.29 is 9.84 Å². The molecule has 0 spiro atoms. The van der Waals surface area contributed by atoms with E-state index in [1.807, 2.05) is 65.8 Å². The summed E-state index contributed by atoms with van der Waals surface area (Å²) in [7, 11) is 5.91. The van der Waals surface area contributed by atoms with E-state index in [2.05, 4.69) is 61.0 Å². The van der Waals surface area contributed by atoms with E-state index in [-0.39, 0.29) is 5.41 Å². The van der Waals surface area contributed by atoms with Crippen molar-refractivity contribution in [3.05, 3.63) is 71.6 Å². The van der Waals surface area contributed by atoms with Gasteiger partial charge in [-0.1, -0.05) is 26.8 Å². The minimum absolute atomic E-state index is 0.309. The van der Waals surface area contributed by atoms with Gasteiger partial charge < -0.3 is 24.1 Å². The number of nitrogens with one attached hydrogen (secondary N) is 1. The number of hydrogen-bond donors (Lipinski definition) is 2. The van der Waals surface area contributed by atoms with Gasteiger partial charge in [-0.2, -0.15) is 5.10 Å². The number of aliphatic hydroxyl groups is 1. The van der Waals surface area contributed by atoms with E-state index in [9.17, 15) is 5.11 Å². The first-order valence-corrected chi connectivity index (χ1v) is 13.1. The molecule has 0 bridgehead atoms. The summed E-state index contributed by atoms with van der Waals surface area (Å²) >= 11 is 0. The SMILES string of the molecule is CNCc1cnc2ccc(-c3ccc4ccn(C)c4c3OCCc3c(C(O)C(C)(C)C)nn(C)c3C)cn12. The number of imidazole rings is 1. The smallest absolute Gasteiger partial charge is 0.151 e. The Balaban J connectivity index is 1.52. The van der Waals surface area contributed by atoms with Crippen LogP contribution in [0, 0.1) is 12.3 Å². The third-order valence-corrected chi connectivity index (χ3v) is 7.41. The van der Waals surface area contributed by atoms with Crippen LogP contribution < -0.4 is 10.1 Å². The second kappa shape index (κ2) is 9.93. The Morgan fingerprint density at radius 2 is 1.89 bits per heavy atom. The average Bonchev–Trinajstić information content (AvgIpc) is 3.55. The van der Waals surface area contributed by atoms with Gasteiger partial charge in [-0.15, -0.1) is 0 Å². The number of hydrogen-bond acceptors (Lipinski definition) is 5. The zero-order chi connectivity index (χ0) is 27.2. The third kappa shape index (κ3) is 4.59. The lowest BCUT2D eigenvalue weighted by Gasteiger charge is -2.25. The van der Waals surface area contributed by atoms with Crippen LogP contribution in [-0.2, 0) is 27.1 Å². The van der Waals surface area contributed by atoms with Crippen molar-refractivity contribution in [1.82, 2.24) is 29.0 Å². The van der Waals surface area contributed by atoms with Gasteiger partial charge in [0.25, 0.3) is 0 Å². The summed E-state index contributed by atoms with van der Waals surface area (Å²) in [6.07, 6.45) is 6.10. The molecule has 0 saturated heterocycles. The van der Waals surface area contributed by atoms with E-state index in [1.54, 1.807) is 0 Å². The maximum atomic E-state index is 11.0. The molecule has 0 fully saturated rings. The summed E-state index contributed by atoms with van der Waals surface area (Å²) in [6.45, 7) is 9.34. The maximum Gasteiger partial charge on any atom is 0.151 e. The predicted molar refractivity (Wildman–Crippen MR) is 151 cm³/mol. The highest BCUT2D eigenvalue weighted by Gasteiger charge is 2.30. The van der Waals surface area contributed by atoms with Gasteiger partial charge in [-0.25, -0.2) is 4.98 Å². The lowest BCUT2D eigenvalue weighted by Crippen LogP contribution is -2.20. The first-order chi connectivity index (χ1) is 18.1.